The minimum Gasteiger partial charge on any atom is -0.469 e. The third kappa shape index (κ3) is 1.87. The number of nitrogens with two attached hydrogens (primary N) is 1. The Bertz CT molecular complexity index is 759. The summed E-state index contributed by atoms with van der Waals surface area (Å²) in [6.07, 6.45) is 1.51. The summed E-state index contributed by atoms with van der Waals surface area (Å²) in [5.74, 6) is 0.540. The van der Waals surface area contributed by atoms with E-state index in [1.807, 2.05) is 0 Å². The number of hydrogen-bond acceptors (Lipinski definition) is 4. The maximum Gasteiger partial charge on any atom is 0.180 e. The fourth-order valence-electron chi connectivity index (χ4n) is 2.09. The van der Waals surface area contributed by atoms with Crippen LogP contribution in [-0.4, -0.2) is 5.16 Å². The zero-order valence-electron chi connectivity index (χ0n) is 10.5. The lowest BCUT2D eigenvalue weighted by Gasteiger charge is -2.06. The molecule has 0 aliphatic rings. The van der Waals surface area contributed by atoms with Crippen LogP contribution in [0.4, 0.5) is 10.2 Å². The molecule has 0 aliphatic carbocycles. The van der Waals surface area contributed by atoms with E-state index >= 15 is 0 Å². The summed E-state index contributed by atoms with van der Waals surface area (Å²) in [5, 5.41) is 3.95. The van der Waals surface area contributed by atoms with Crippen molar-refractivity contribution >= 4 is 17.4 Å². The molecule has 0 amide bonds. The van der Waals surface area contributed by atoms with Crippen LogP contribution in [0.1, 0.15) is 5.76 Å². The lowest BCUT2D eigenvalue weighted by atomic mass is 10.0. The van der Waals surface area contributed by atoms with Crippen molar-refractivity contribution in [2.45, 2.75) is 6.92 Å². The van der Waals surface area contributed by atoms with Crippen molar-refractivity contribution in [3.8, 4) is 22.5 Å². The Balaban J connectivity index is 2.31. The number of anilines is 1. The zero-order valence-corrected chi connectivity index (χ0v) is 11.2. The van der Waals surface area contributed by atoms with Crippen molar-refractivity contribution in [3.05, 3.63) is 47.1 Å². The molecule has 0 atom stereocenters. The smallest absolute Gasteiger partial charge is 0.180 e. The van der Waals surface area contributed by atoms with Crippen molar-refractivity contribution in [3.63, 3.8) is 0 Å². The average molecular weight is 293 g/mol. The van der Waals surface area contributed by atoms with Crippen LogP contribution in [0.25, 0.3) is 22.5 Å². The number of furan rings is 1. The molecule has 0 saturated carbocycles. The van der Waals surface area contributed by atoms with E-state index in [0.29, 0.717) is 22.6 Å². The minimum absolute atomic E-state index is 0.0765. The van der Waals surface area contributed by atoms with E-state index in [0.717, 1.165) is 0 Å². The molecule has 0 fully saturated rings. The van der Waals surface area contributed by atoms with Crippen LogP contribution in [0.3, 0.4) is 0 Å². The highest BCUT2D eigenvalue weighted by molar-refractivity contribution is 6.33. The van der Waals surface area contributed by atoms with Crippen molar-refractivity contribution in [1.29, 1.82) is 0 Å². The zero-order chi connectivity index (χ0) is 14.3. The van der Waals surface area contributed by atoms with Gasteiger partial charge in [-0.3, -0.25) is 0 Å². The predicted molar refractivity (Wildman–Crippen MR) is 73.8 cm³/mol. The van der Waals surface area contributed by atoms with Gasteiger partial charge in [-0.05, 0) is 25.1 Å². The van der Waals surface area contributed by atoms with Crippen LogP contribution in [0.2, 0.25) is 5.02 Å². The van der Waals surface area contributed by atoms with Crippen molar-refractivity contribution in [2.24, 2.45) is 0 Å². The number of hydrogen-bond donors (Lipinski definition) is 1. The molecule has 1 aromatic carbocycles. The summed E-state index contributed by atoms with van der Waals surface area (Å²) in [4.78, 5) is 0. The highest BCUT2D eigenvalue weighted by Gasteiger charge is 2.24. The normalized spacial score (nSPS) is 10.9. The highest BCUT2D eigenvalue weighted by Crippen LogP contribution is 2.42. The number of nitrogens with zero attached hydrogens (tertiary/aromatic N) is 1. The van der Waals surface area contributed by atoms with Gasteiger partial charge in [0.1, 0.15) is 11.6 Å². The minimum atomic E-state index is -0.491. The molecule has 3 aromatic rings. The van der Waals surface area contributed by atoms with Crippen molar-refractivity contribution in [2.75, 3.05) is 5.73 Å². The summed E-state index contributed by atoms with van der Waals surface area (Å²) in [6, 6.07) is 6.11. The quantitative estimate of drug-likeness (QED) is 0.765. The van der Waals surface area contributed by atoms with Gasteiger partial charge in [0.15, 0.2) is 11.6 Å². The molecule has 0 saturated heterocycles. The first-order valence-corrected chi connectivity index (χ1v) is 6.21. The van der Waals surface area contributed by atoms with Crippen molar-refractivity contribution in [1.82, 2.24) is 5.16 Å². The Morgan fingerprint density at radius 3 is 2.70 bits per heavy atom. The molecule has 4 nitrogen and oxygen atoms in total. The molecule has 0 bridgehead atoms. The molecule has 6 heteroatoms. The Labute approximate surface area is 118 Å². The second-order valence-electron chi connectivity index (χ2n) is 4.26. The van der Waals surface area contributed by atoms with Gasteiger partial charge in [-0.2, -0.15) is 0 Å². The van der Waals surface area contributed by atoms with E-state index in [1.165, 1.54) is 18.4 Å². The van der Waals surface area contributed by atoms with Gasteiger partial charge in [0.25, 0.3) is 0 Å². The first-order chi connectivity index (χ1) is 9.59. The first kappa shape index (κ1) is 12.7. The van der Waals surface area contributed by atoms with Crippen LogP contribution in [-0.2, 0) is 0 Å². The Morgan fingerprint density at radius 1 is 1.25 bits per heavy atom. The van der Waals surface area contributed by atoms with E-state index in [2.05, 4.69) is 5.16 Å². The summed E-state index contributed by atoms with van der Waals surface area (Å²) in [6.45, 7) is 1.76. The van der Waals surface area contributed by atoms with E-state index in [1.54, 1.807) is 19.1 Å². The molecule has 2 N–H and O–H groups in total. The number of halogens is 2. The Kier molecular flexibility index (Phi) is 2.99. The maximum absolute atomic E-state index is 14.1. The second kappa shape index (κ2) is 4.68. The number of nitrogen functional groups attached to an aromatic ring is 1. The van der Waals surface area contributed by atoms with Crippen LogP contribution in [0.5, 0.6) is 0 Å². The molecule has 0 radical (unpaired) electrons. The number of aryl methyl sites for hydroxylation is 1. The second-order valence-corrected chi connectivity index (χ2v) is 4.67. The number of rotatable bonds is 2. The van der Waals surface area contributed by atoms with Gasteiger partial charge in [-0.1, -0.05) is 22.8 Å². The molecule has 102 valence electrons. The van der Waals surface area contributed by atoms with Gasteiger partial charge in [0.2, 0.25) is 0 Å². The van der Waals surface area contributed by atoms with Gasteiger partial charge in [0.05, 0.1) is 22.4 Å². The molecule has 0 spiro atoms. The van der Waals surface area contributed by atoms with Crippen LogP contribution < -0.4 is 5.73 Å². The monoisotopic (exact) mass is 292 g/mol. The first-order valence-electron chi connectivity index (χ1n) is 5.83. The molecule has 0 aliphatic heterocycles. The molecular weight excluding hydrogens is 283 g/mol. The Hall–Kier alpha value is -2.27. The lowest BCUT2D eigenvalue weighted by molar-refractivity contribution is 0.434. The summed E-state index contributed by atoms with van der Waals surface area (Å²) in [5.41, 5.74) is 6.96. The average Bonchev–Trinajstić information content (AvgIpc) is 2.97. The molecule has 3 rings (SSSR count). The summed E-state index contributed by atoms with van der Waals surface area (Å²) < 4.78 is 24.5. The lowest BCUT2D eigenvalue weighted by Crippen LogP contribution is -1.92. The van der Waals surface area contributed by atoms with Gasteiger partial charge >= 0.3 is 0 Å². The summed E-state index contributed by atoms with van der Waals surface area (Å²) in [7, 11) is 0. The fraction of sp³-hybridized carbons (Fsp3) is 0.0714. The van der Waals surface area contributed by atoms with Crippen LogP contribution >= 0.6 is 11.6 Å². The molecule has 2 heterocycles. The molecule has 20 heavy (non-hydrogen) atoms. The largest absolute Gasteiger partial charge is 0.469 e. The number of benzene rings is 1. The van der Waals surface area contributed by atoms with E-state index < -0.39 is 5.82 Å². The number of aromatic nitrogens is 1. The third-order valence-electron chi connectivity index (χ3n) is 3.03. The van der Waals surface area contributed by atoms with Crippen LogP contribution in [0, 0.1) is 12.7 Å². The Morgan fingerprint density at radius 2 is 2.05 bits per heavy atom. The van der Waals surface area contributed by atoms with E-state index in [4.69, 9.17) is 26.3 Å². The molecule has 0 unspecified atom stereocenters. The van der Waals surface area contributed by atoms with Gasteiger partial charge in [0, 0.05) is 5.56 Å². The predicted octanol–water partition coefficient (Wildman–Crippen LogP) is 4.28. The van der Waals surface area contributed by atoms with E-state index in [-0.39, 0.29) is 16.4 Å². The standard InChI is InChI=1S/C14H10ClFN2O2/c1-7-8(5-6-19-7)13-12(14(17)18-20-13)11-9(15)3-2-4-10(11)16/h2-6H,1H3,(H2,17,18). The molecule has 2 aromatic heterocycles. The third-order valence-corrected chi connectivity index (χ3v) is 3.35. The fourth-order valence-corrected chi connectivity index (χ4v) is 2.34. The highest BCUT2D eigenvalue weighted by atomic mass is 35.5. The van der Waals surface area contributed by atoms with Gasteiger partial charge in [-0.15, -0.1) is 0 Å². The SMILES string of the molecule is Cc1occc1-c1onc(N)c1-c1c(F)cccc1Cl. The van der Waals surface area contributed by atoms with Gasteiger partial charge < -0.3 is 14.7 Å². The van der Waals surface area contributed by atoms with Crippen LogP contribution in [0.15, 0.2) is 39.5 Å². The summed E-state index contributed by atoms with van der Waals surface area (Å²) >= 11 is 6.08. The maximum atomic E-state index is 14.1. The topological polar surface area (TPSA) is 65.2 Å². The van der Waals surface area contributed by atoms with Crippen molar-refractivity contribution < 1.29 is 13.3 Å². The van der Waals surface area contributed by atoms with Gasteiger partial charge in [-0.25, -0.2) is 4.39 Å². The molecular formula is C14H10ClFN2O2. The van der Waals surface area contributed by atoms with E-state index in [9.17, 15) is 4.39 Å².